The Balaban J connectivity index is 1.47. The van der Waals surface area contributed by atoms with Crippen molar-refractivity contribution in [3.63, 3.8) is 0 Å². The Hall–Kier alpha value is -4.16. The number of aliphatic hydroxyl groups is 1. The molecule has 2 aliphatic heterocycles. The highest BCUT2D eigenvalue weighted by Gasteiger charge is 2.27. The van der Waals surface area contributed by atoms with Gasteiger partial charge in [-0.25, -0.2) is 0 Å². The fourth-order valence-electron chi connectivity index (χ4n) is 4.63. The van der Waals surface area contributed by atoms with Crippen molar-refractivity contribution in [3.8, 4) is 11.5 Å². The van der Waals surface area contributed by atoms with Crippen molar-refractivity contribution in [2.45, 2.75) is 32.5 Å². The number of para-hydroxylation sites is 1. The molecule has 12 nitrogen and oxygen atoms in total. The molecule has 2 aromatic carbocycles. The number of aliphatic hydroxyl groups excluding tert-OH is 1. The summed E-state index contributed by atoms with van der Waals surface area (Å²) in [5, 5.41) is 18.2. The van der Waals surface area contributed by atoms with Gasteiger partial charge in [0.15, 0.2) is 0 Å². The number of nitrogens with zero attached hydrogens (tertiary/aromatic N) is 2. The summed E-state index contributed by atoms with van der Waals surface area (Å²) in [6.45, 7) is 4.96. The highest BCUT2D eigenvalue weighted by molar-refractivity contribution is 5.98. The standard InChI is InChI=1S/C29H37N5O7/c1-19-7-8-21-15-24(19)40-13-10-30-25(36)17-34(11-9-31-29(39)27(20(2)35)32-28(21)38)26(37)18-33-12-14-41-23-6-4-3-5-22(23)16-33/h3-8,15,20,27,35H,9-14,16-18H2,1-2H3,(H,30,36)(H,31,39)(H,32,38)/t20-,27+/m1/s1. The number of aryl methyl sites for hydroxylation is 1. The molecule has 0 saturated carbocycles. The number of nitrogens with one attached hydrogen (secondary N) is 3. The minimum Gasteiger partial charge on any atom is -0.492 e. The minimum atomic E-state index is -1.23. The van der Waals surface area contributed by atoms with E-state index < -0.39 is 24.0 Å². The molecule has 4 rings (SSSR count). The van der Waals surface area contributed by atoms with Crippen LogP contribution in [0, 0.1) is 6.92 Å². The summed E-state index contributed by atoms with van der Waals surface area (Å²) >= 11 is 0. The van der Waals surface area contributed by atoms with Crippen LogP contribution in [0.2, 0.25) is 0 Å². The molecule has 0 fully saturated rings. The average Bonchev–Trinajstić information content (AvgIpc) is 3.15. The van der Waals surface area contributed by atoms with Crippen LogP contribution in [0.5, 0.6) is 11.5 Å². The van der Waals surface area contributed by atoms with Crippen LogP contribution in [0.25, 0.3) is 0 Å². The van der Waals surface area contributed by atoms with Crippen molar-refractivity contribution in [2.75, 3.05) is 52.5 Å². The third-order valence-electron chi connectivity index (χ3n) is 6.94. The molecule has 2 aromatic rings. The molecule has 12 heteroatoms. The van der Waals surface area contributed by atoms with E-state index in [2.05, 4.69) is 16.0 Å². The quantitative estimate of drug-likeness (QED) is 0.399. The molecule has 2 atom stereocenters. The predicted molar refractivity (Wildman–Crippen MR) is 149 cm³/mol. The first-order valence-corrected chi connectivity index (χ1v) is 13.7. The lowest BCUT2D eigenvalue weighted by atomic mass is 10.1. The van der Waals surface area contributed by atoms with Gasteiger partial charge in [0.1, 0.15) is 30.8 Å². The maximum atomic E-state index is 13.4. The van der Waals surface area contributed by atoms with Gasteiger partial charge in [0.2, 0.25) is 17.7 Å². The van der Waals surface area contributed by atoms with Gasteiger partial charge in [-0.05, 0) is 37.6 Å². The molecule has 41 heavy (non-hydrogen) atoms. The van der Waals surface area contributed by atoms with Crippen LogP contribution >= 0.6 is 0 Å². The van der Waals surface area contributed by atoms with E-state index in [4.69, 9.17) is 9.47 Å². The van der Waals surface area contributed by atoms with Crippen LogP contribution in [0.4, 0.5) is 0 Å². The molecular weight excluding hydrogens is 530 g/mol. The monoisotopic (exact) mass is 567 g/mol. The summed E-state index contributed by atoms with van der Waals surface area (Å²) in [6, 6.07) is 11.3. The Labute approximate surface area is 239 Å². The molecule has 2 heterocycles. The van der Waals surface area contributed by atoms with Gasteiger partial charge < -0.3 is 35.4 Å². The first kappa shape index (κ1) is 29.8. The largest absolute Gasteiger partial charge is 0.492 e. The van der Waals surface area contributed by atoms with Gasteiger partial charge in [0, 0.05) is 37.3 Å². The lowest BCUT2D eigenvalue weighted by Crippen LogP contribution is -2.54. The minimum absolute atomic E-state index is 0.0146. The number of ether oxygens (including phenoxy) is 2. The highest BCUT2D eigenvalue weighted by atomic mass is 16.5. The number of fused-ring (bicyclic) bond motifs is 3. The Morgan fingerprint density at radius 1 is 1.00 bits per heavy atom. The number of hydrogen-bond donors (Lipinski definition) is 4. The van der Waals surface area contributed by atoms with E-state index in [1.165, 1.54) is 11.8 Å². The van der Waals surface area contributed by atoms with Crippen molar-refractivity contribution in [1.82, 2.24) is 25.8 Å². The Morgan fingerprint density at radius 2 is 1.78 bits per heavy atom. The topological polar surface area (TPSA) is 150 Å². The van der Waals surface area contributed by atoms with Crippen molar-refractivity contribution in [2.24, 2.45) is 0 Å². The Morgan fingerprint density at radius 3 is 2.59 bits per heavy atom. The normalized spacial score (nSPS) is 20.1. The van der Waals surface area contributed by atoms with E-state index in [-0.39, 0.29) is 56.7 Å². The summed E-state index contributed by atoms with van der Waals surface area (Å²) in [4.78, 5) is 55.3. The lowest BCUT2D eigenvalue weighted by Gasteiger charge is -2.27. The van der Waals surface area contributed by atoms with Gasteiger partial charge in [-0.3, -0.25) is 24.1 Å². The fourth-order valence-corrected chi connectivity index (χ4v) is 4.63. The smallest absolute Gasteiger partial charge is 0.252 e. The molecule has 2 aliphatic rings. The molecule has 0 aromatic heterocycles. The van der Waals surface area contributed by atoms with E-state index in [1.54, 1.807) is 18.2 Å². The molecule has 4 amide bonds. The van der Waals surface area contributed by atoms with Crippen molar-refractivity contribution < 1.29 is 33.8 Å². The van der Waals surface area contributed by atoms with Crippen LogP contribution in [0.1, 0.15) is 28.4 Å². The fraction of sp³-hybridized carbons (Fsp3) is 0.448. The third-order valence-corrected chi connectivity index (χ3v) is 6.94. The zero-order valence-corrected chi connectivity index (χ0v) is 23.4. The molecular formula is C29H37N5O7. The zero-order chi connectivity index (χ0) is 29.4. The molecule has 4 N–H and O–H groups in total. The number of amides is 4. The van der Waals surface area contributed by atoms with Crippen molar-refractivity contribution in [1.29, 1.82) is 0 Å². The summed E-state index contributed by atoms with van der Waals surface area (Å²) in [7, 11) is 0. The molecule has 0 aliphatic carbocycles. The maximum Gasteiger partial charge on any atom is 0.252 e. The number of carbonyl (C=O) groups is 4. The van der Waals surface area contributed by atoms with Gasteiger partial charge >= 0.3 is 0 Å². The summed E-state index contributed by atoms with van der Waals surface area (Å²) < 4.78 is 11.6. The van der Waals surface area contributed by atoms with Crippen molar-refractivity contribution in [3.05, 3.63) is 59.2 Å². The van der Waals surface area contributed by atoms with Crippen LogP contribution in [-0.4, -0.2) is 103 Å². The Bertz CT molecular complexity index is 1270. The summed E-state index contributed by atoms with van der Waals surface area (Å²) in [5.41, 5.74) is 2.02. The Kier molecular flexibility index (Phi) is 10.1. The third kappa shape index (κ3) is 8.18. The van der Waals surface area contributed by atoms with Gasteiger partial charge in [-0.2, -0.15) is 0 Å². The average molecular weight is 568 g/mol. The van der Waals surface area contributed by atoms with Crippen molar-refractivity contribution >= 4 is 23.6 Å². The predicted octanol–water partition coefficient (Wildman–Crippen LogP) is -0.178. The molecule has 220 valence electrons. The van der Waals surface area contributed by atoms with Crippen LogP contribution in [0.15, 0.2) is 42.5 Å². The van der Waals surface area contributed by atoms with E-state index >= 15 is 0 Å². The second kappa shape index (κ2) is 14.0. The molecule has 2 bridgehead atoms. The number of carbonyl (C=O) groups excluding carboxylic acids is 4. The number of rotatable bonds is 3. The first-order valence-electron chi connectivity index (χ1n) is 13.7. The molecule has 0 radical (unpaired) electrons. The highest BCUT2D eigenvalue weighted by Crippen LogP contribution is 2.22. The van der Waals surface area contributed by atoms with E-state index in [0.29, 0.717) is 25.4 Å². The summed E-state index contributed by atoms with van der Waals surface area (Å²) in [5.74, 6) is -0.572. The molecule has 0 unspecified atom stereocenters. The molecule has 0 saturated heterocycles. The van der Waals surface area contributed by atoms with Crippen LogP contribution in [-0.2, 0) is 20.9 Å². The second-order valence-corrected chi connectivity index (χ2v) is 10.1. The molecule has 0 spiro atoms. The first-order chi connectivity index (χ1) is 19.7. The second-order valence-electron chi connectivity index (χ2n) is 10.1. The number of hydrogen-bond acceptors (Lipinski definition) is 8. The van der Waals surface area contributed by atoms with Gasteiger partial charge in [0.25, 0.3) is 5.91 Å². The van der Waals surface area contributed by atoms with Crippen LogP contribution < -0.4 is 25.4 Å². The van der Waals surface area contributed by atoms with Crippen LogP contribution in [0.3, 0.4) is 0 Å². The maximum absolute atomic E-state index is 13.4. The van der Waals surface area contributed by atoms with E-state index in [1.807, 2.05) is 36.1 Å². The van der Waals surface area contributed by atoms with Gasteiger partial charge in [-0.15, -0.1) is 0 Å². The lowest BCUT2D eigenvalue weighted by molar-refractivity contribution is -0.137. The van der Waals surface area contributed by atoms with Gasteiger partial charge in [-0.1, -0.05) is 24.3 Å². The SMILES string of the molecule is Cc1ccc2cc1OCCNC(=O)CN(C(=O)CN1CCOc3ccccc3C1)CCNC(=O)[C@H]([C@@H](C)O)NC2=O. The van der Waals surface area contributed by atoms with E-state index in [0.717, 1.165) is 16.9 Å². The zero-order valence-electron chi connectivity index (χ0n) is 23.4. The summed E-state index contributed by atoms with van der Waals surface area (Å²) in [6.07, 6.45) is -1.18. The van der Waals surface area contributed by atoms with Gasteiger partial charge in [0.05, 0.1) is 25.7 Å². The van der Waals surface area contributed by atoms with E-state index in [9.17, 15) is 24.3 Å². The number of benzene rings is 2.